The predicted octanol–water partition coefficient (Wildman–Crippen LogP) is 3.62. The summed E-state index contributed by atoms with van der Waals surface area (Å²) >= 11 is 0. The summed E-state index contributed by atoms with van der Waals surface area (Å²) in [6.07, 6.45) is 9.23. The van der Waals surface area contributed by atoms with Gasteiger partial charge in [0.1, 0.15) is 0 Å². The largest absolute Gasteiger partial charge is 0.370 e. The van der Waals surface area contributed by atoms with Crippen molar-refractivity contribution in [1.82, 2.24) is 4.90 Å². The Morgan fingerprint density at radius 1 is 1.16 bits per heavy atom. The summed E-state index contributed by atoms with van der Waals surface area (Å²) in [5.41, 5.74) is 6.65. The Balaban J connectivity index is 0.00000180. The second-order valence-electron chi connectivity index (χ2n) is 6.85. The molecule has 2 N–H and O–H groups in total. The molecule has 0 spiro atoms. The van der Waals surface area contributed by atoms with Crippen molar-refractivity contribution in [3.63, 3.8) is 0 Å². The maximum Gasteiger partial charge on any atom is 0.191 e. The van der Waals surface area contributed by atoms with Gasteiger partial charge in [-0.3, -0.25) is 4.99 Å². The third kappa shape index (κ3) is 5.48. The number of hydrogen-bond donors (Lipinski definition) is 1. The van der Waals surface area contributed by atoms with Gasteiger partial charge in [0.05, 0.1) is 0 Å². The summed E-state index contributed by atoms with van der Waals surface area (Å²) in [4.78, 5) is 6.90. The summed E-state index contributed by atoms with van der Waals surface area (Å²) < 4.78 is 0. The van der Waals surface area contributed by atoms with Gasteiger partial charge in [0.15, 0.2) is 5.96 Å². The molecular weight excluding hydrogens is 349 g/mol. The van der Waals surface area contributed by atoms with E-state index < -0.39 is 0 Å². The summed E-state index contributed by atoms with van der Waals surface area (Å²) in [6.45, 7) is 7.92. The molecule has 0 radical (unpaired) electrons. The van der Waals surface area contributed by atoms with Crippen molar-refractivity contribution in [1.29, 1.82) is 0 Å². The maximum absolute atomic E-state index is 6.09. The van der Waals surface area contributed by atoms with Crippen LogP contribution in [0.2, 0.25) is 0 Å². The van der Waals surface area contributed by atoms with Gasteiger partial charge in [0.25, 0.3) is 0 Å². The molecule has 2 aliphatic rings. The van der Waals surface area contributed by atoms with E-state index in [1.165, 1.54) is 44.9 Å². The van der Waals surface area contributed by atoms with Gasteiger partial charge in [0.2, 0.25) is 0 Å². The molecule has 0 amide bonds. The zero-order chi connectivity index (χ0) is 13.0. The molecule has 1 aliphatic carbocycles. The molecule has 4 heteroatoms. The van der Waals surface area contributed by atoms with Crippen molar-refractivity contribution in [2.75, 3.05) is 19.6 Å². The highest BCUT2D eigenvalue weighted by molar-refractivity contribution is 14.0. The number of likely N-dealkylation sites (tertiary alicyclic amines) is 1. The highest BCUT2D eigenvalue weighted by atomic mass is 127. The first-order chi connectivity index (χ1) is 8.57. The average Bonchev–Trinajstić information content (AvgIpc) is 2.38. The standard InChI is InChI=1S/C15H29N3.HI/c1-15(2)8-6-13(7-9-15)12-17-14(16)18-10-4-3-5-11-18;/h13H,3-12H2,1-2H3,(H2,16,17);1H. The predicted molar refractivity (Wildman–Crippen MR) is 93.1 cm³/mol. The Kier molecular flexibility index (Phi) is 6.91. The van der Waals surface area contributed by atoms with Crippen LogP contribution in [0.3, 0.4) is 0 Å². The fourth-order valence-electron chi connectivity index (χ4n) is 3.09. The molecule has 112 valence electrons. The minimum absolute atomic E-state index is 0. The van der Waals surface area contributed by atoms with Crippen LogP contribution in [0.25, 0.3) is 0 Å². The summed E-state index contributed by atoms with van der Waals surface area (Å²) in [5, 5.41) is 0. The number of rotatable bonds is 2. The number of nitrogens with two attached hydrogens (primary N) is 1. The average molecular weight is 379 g/mol. The third-order valence-electron chi connectivity index (χ3n) is 4.65. The zero-order valence-corrected chi connectivity index (χ0v) is 14.9. The quantitative estimate of drug-likeness (QED) is 0.452. The van der Waals surface area contributed by atoms with Crippen molar-refractivity contribution >= 4 is 29.9 Å². The van der Waals surface area contributed by atoms with Gasteiger partial charge in [-0.15, -0.1) is 24.0 Å². The molecule has 2 rings (SSSR count). The molecule has 0 aromatic carbocycles. The molecule has 1 saturated carbocycles. The number of nitrogens with zero attached hydrogens (tertiary/aromatic N) is 2. The second kappa shape index (κ2) is 7.70. The van der Waals surface area contributed by atoms with Gasteiger partial charge < -0.3 is 10.6 Å². The Labute approximate surface area is 135 Å². The number of piperidine rings is 1. The highest BCUT2D eigenvalue weighted by Gasteiger charge is 2.26. The van der Waals surface area contributed by atoms with E-state index in [9.17, 15) is 0 Å². The maximum atomic E-state index is 6.09. The second-order valence-corrected chi connectivity index (χ2v) is 6.85. The molecule has 3 nitrogen and oxygen atoms in total. The first-order valence-electron chi connectivity index (χ1n) is 7.62. The molecule has 1 aliphatic heterocycles. The Bertz CT molecular complexity index is 286. The first kappa shape index (κ1) is 17.1. The Hall–Kier alpha value is 0. The number of aliphatic imine (C=N–C) groups is 1. The summed E-state index contributed by atoms with van der Waals surface area (Å²) in [7, 11) is 0. The minimum atomic E-state index is 0. The van der Waals surface area contributed by atoms with E-state index >= 15 is 0 Å². The van der Waals surface area contributed by atoms with Crippen LogP contribution in [0, 0.1) is 11.3 Å². The van der Waals surface area contributed by atoms with E-state index in [4.69, 9.17) is 5.73 Å². The topological polar surface area (TPSA) is 41.6 Å². The number of guanidine groups is 1. The smallest absolute Gasteiger partial charge is 0.191 e. The summed E-state index contributed by atoms with van der Waals surface area (Å²) in [6, 6.07) is 0. The number of halogens is 1. The fraction of sp³-hybridized carbons (Fsp3) is 0.933. The molecule has 0 unspecified atom stereocenters. The van der Waals surface area contributed by atoms with Crippen LogP contribution in [-0.4, -0.2) is 30.5 Å². The minimum Gasteiger partial charge on any atom is -0.370 e. The lowest BCUT2D eigenvalue weighted by Crippen LogP contribution is -2.41. The van der Waals surface area contributed by atoms with Gasteiger partial charge in [-0.1, -0.05) is 13.8 Å². The van der Waals surface area contributed by atoms with Crippen LogP contribution in [0.1, 0.15) is 58.8 Å². The van der Waals surface area contributed by atoms with Crippen LogP contribution in [0.5, 0.6) is 0 Å². The Morgan fingerprint density at radius 3 is 2.32 bits per heavy atom. The molecule has 0 aromatic heterocycles. The lowest BCUT2D eigenvalue weighted by Gasteiger charge is -2.34. The van der Waals surface area contributed by atoms with E-state index in [1.807, 2.05) is 0 Å². The molecule has 0 aromatic rings. The van der Waals surface area contributed by atoms with Crippen molar-refractivity contribution in [2.45, 2.75) is 58.8 Å². The van der Waals surface area contributed by atoms with Gasteiger partial charge in [-0.25, -0.2) is 0 Å². The van der Waals surface area contributed by atoms with Gasteiger partial charge in [-0.2, -0.15) is 0 Å². The van der Waals surface area contributed by atoms with Crippen molar-refractivity contribution in [3.05, 3.63) is 0 Å². The lowest BCUT2D eigenvalue weighted by atomic mass is 9.73. The molecule has 2 fully saturated rings. The van der Waals surface area contributed by atoms with E-state index in [1.54, 1.807) is 0 Å². The van der Waals surface area contributed by atoms with Crippen LogP contribution in [0.15, 0.2) is 4.99 Å². The van der Waals surface area contributed by atoms with Crippen molar-refractivity contribution in [3.8, 4) is 0 Å². The van der Waals surface area contributed by atoms with Crippen molar-refractivity contribution < 1.29 is 0 Å². The molecule has 1 saturated heterocycles. The van der Waals surface area contributed by atoms with E-state index in [0.717, 1.165) is 31.5 Å². The van der Waals surface area contributed by atoms with Crippen LogP contribution < -0.4 is 5.73 Å². The van der Waals surface area contributed by atoms with Gasteiger partial charge >= 0.3 is 0 Å². The molecule has 1 heterocycles. The van der Waals surface area contributed by atoms with Crippen LogP contribution in [0.4, 0.5) is 0 Å². The van der Waals surface area contributed by atoms with Gasteiger partial charge in [-0.05, 0) is 56.3 Å². The van der Waals surface area contributed by atoms with Gasteiger partial charge in [0, 0.05) is 19.6 Å². The van der Waals surface area contributed by atoms with Crippen LogP contribution >= 0.6 is 24.0 Å². The Morgan fingerprint density at radius 2 is 1.74 bits per heavy atom. The molecular formula is C15H30IN3. The monoisotopic (exact) mass is 379 g/mol. The normalized spacial score (nSPS) is 24.9. The van der Waals surface area contributed by atoms with E-state index in [0.29, 0.717) is 5.41 Å². The van der Waals surface area contributed by atoms with Crippen molar-refractivity contribution in [2.24, 2.45) is 22.1 Å². The SMILES string of the molecule is CC1(C)CCC(CN=C(N)N2CCCCC2)CC1.I. The lowest BCUT2D eigenvalue weighted by molar-refractivity contribution is 0.195. The molecule has 0 bridgehead atoms. The molecule has 0 atom stereocenters. The first-order valence-corrected chi connectivity index (χ1v) is 7.62. The molecule has 19 heavy (non-hydrogen) atoms. The van der Waals surface area contributed by atoms with Crippen LogP contribution in [-0.2, 0) is 0 Å². The highest BCUT2D eigenvalue weighted by Crippen LogP contribution is 2.37. The summed E-state index contributed by atoms with van der Waals surface area (Å²) in [5.74, 6) is 1.56. The third-order valence-corrected chi connectivity index (χ3v) is 4.65. The zero-order valence-electron chi connectivity index (χ0n) is 12.5. The van der Waals surface area contributed by atoms with E-state index in [-0.39, 0.29) is 24.0 Å². The fourth-order valence-corrected chi connectivity index (χ4v) is 3.09. The number of hydrogen-bond acceptors (Lipinski definition) is 1. The van der Waals surface area contributed by atoms with E-state index in [2.05, 4.69) is 23.7 Å².